The predicted molar refractivity (Wildman–Crippen MR) is 101 cm³/mol. The third-order valence-electron chi connectivity index (χ3n) is 4.07. The van der Waals surface area contributed by atoms with Crippen molar-refractivity contribution in [1.82, 2.24) is 15.3 Å². The van der Waals surface area contributed by atoms with Crippen LogP contribution in [0.2, 0.25) is 5.02 Å². The number of rotatable bonds is 6. The maximum absolute atomic E-state index is 5.92. The summed E-state index contributed by atoms with van der Waals surface area (Å²) in [6, 6.07) is 19.7. The highest BCUT2D eigenvalue weighted by atomic mass is 35.5. The second-order valence-electron chi connectivity index (χ2n) is 5.90. The standard InChI is InChI=1S/C20H18ClN3O/c21-15-7-5-14(6-8-15)19-10-9-16(25-19)13-22-12-11-20-23-17-3-1-2-4-18(17)24-20/h1-10,22H,11-13H2,(H,23,24). The molecule has 0 saturated heterocycles. The van der Waals surface area contributed by atoms with Crippen molar-refractivity contribution in [3.8, 4) is 11.3 Å². The molecule has 0 unspecified atom stereocenters. The van der Waals surface area contributed by atoms with Crippen LogP contribution in [0.15, 0.2) is 65.1 Å². The molecule has 4 nitrogen and oxygen atoms in total. The Morgan fingerprint density at radius 3 is 2.68 bits per heavy atom. The highest BCUT2D eigenvalue weighted by Gasteiger charge is 2.05. The number of benzene rings is 2. The first-order valence-corrected chi connectivity index (χ1v) is 8.65. The van der Waals surface area contributed by atoms with Gasteiger partial charge < -0.3 is 14.7 Å². The lowest BCUT2D eigenvalue weighted by atomic mass is 10.2. The van der Waals surface area contributed by atoms with Gasteiger partial charge >= 0.3 is 0 Å². The van der Waals surface area contributed by atoms with Gasteiger partial charge in [-0.25, -0.2) is 4.98 Å². The number of hydrogen-bond acceptors (Lipinski definition) is 3. The molecular weight excluding hydrogens is 334 g/mol. The van der Waals surface area contributed by atoms with Crippen LogP contribution in [-0.2, 0) is 13.0 Å². The van der Waals surface area contributed by atoms with Gasteiger partial charge in [0.2, 0.25) is 0 Å². The number of fused-ring (bicyclic) bond motifs is 1. The number of para-hydroxylation sites is 2. The summed E-state index contributed by atoms with van der Waals surface area (Å²) in [5.74, 6) is 2.76. The largest absolute Gasteiger partial charge is 0.460 e. The minimum Gasteiger partial charge on any atom is -0.460 e. The highest BCUT2D eigenvalue weighted by Crippen LogP contribution is 2.23. The zero-order valence-electron chi connectivity index (χ0n) is 13.6. The maximum Gasteiger partial charge on any atom is 0.134 e. The number of H-pyrrole nitrogens is 1. The van der Waals surface area contributed by atoms with Crippen molar-refractivity contribution in [3.05, 3.63) is 77.3 Å². The van der Waals surface area contributed by atoms with E-state index < -0.39 is 0 Å². The van der Waals surface area contributed by atoms with Gasteiger partial charge in [-0.3, -0.25) is 0 Å². The van der Waals surface area contributed by atoms with Crippen LogP contribution < -0.4 is 5.32 Å². The topological polar surface area (TPSA) is 53.9 Å². The smallest absolute Gasteiger partial charge is 0.134 e. The Balaban J connectivity index is 1.31. The van der Waals surface area contributed by atoms with Crippen LogP contribution in [0.25, 0.3) is 22.4 Å². The fraction of sp³-hybridized carbons (Fsp3) is 0.150. The first-order valence-electron chi connectivity index (χ1n) is 8.27. The molecule has 0 aliphatic rings. The molecular formula is C20H18ClN3O. The molecule has 0 fully saturated rings. The molecule has 0 bridgehead atoms. The average Bonchev–Trinajstić information content (AvgIpc) is 3.26. The van der Waals surface area contributed by atoms with Crippen LogP contribution >= 0.6 is 11.6 Å². The molecule has 2 N–H and O–H groups in total. The Kier molecular flexibility index (Phi) is 4.55. The van der Waals surface area contributed by atoms with Gasteiger partial charge in [0.05, 0.1) is 17.6 Å². The molecule has 0 atom stereocenters. The van der Waals surface area contributed by atoms with Gasteiger partial charge in [0, 0.05) is 23.6 Å². The summed E-state index contributed by atoms with van der Waals surface area (Å²) in [4.78, 5) is 7.92. The molecule has 4 aromatic rings. The zero-order valence-corrected chi connectivity index (χ0v) is 14.4. The summed E-state index contributed by atoms with van der Waals surface area (Å²) in [6.45, 7) is 1.52. The van der Waals surface area contributed by atoms with E-state index in [1.807, 2.05) is 60.7 Å². The van der Waals surface area contributed by atoms with E-state index >= 15 is 0 Å². The quantitative estimate of drug-likeness (QED) is 0.490. The van der Waals surface area contributed by atoms with Crippen LogP contribution in [0.5, 0.6) is 0 Å². The van der Waals surface area contributed by atoms with Crippen LogP contribution in [0, 0.1) is 0 Å². The average molecular weight is 352 g/mol. The van der Waals surface area contributed by atoms with E-state index in [0.29, 0.717) is 6.54 Å². The van der Waals surface area contributed by atoms with Crippen LogP contribution in [-0.4, -0.2) is 16.5 Å². The van der Waals surface area contributed by atoms with Crippen LogP contribution in [0.4, 0.5) is 0 Å². The molecule has 126 valence electrons. The normalized spacial score (nSPS) is 11.2. The number of halogens is 1. The molecule has 4 rings (SSSR count). The minimum absolute atomic E-state index is 0.688. The van der Waals surface area contributed by atoms with E-state index in [2.05, 4.69) is 15.3 Å². The van der Waals surface area contributed by atoms with E-state index in [1.165, 1.54) is 0 Å². The summed E-state index contributed by atoms with van der Waals surface area (Å²) in [5, 5.41) is 4.12. The van der Waals surface area contributed by atoms with Crippen molar-refractivity contribution < 1.29 is 4.42 Å². The number of nitrogens with zero attached hydrogens (tertiary/aromatic N) is 1. The van der Waals surface area contributed by atoms with Crippen LogP contribution in [0.3, 0.4) is 0 Å². The first kappa shape index (κ1) is 15.9. The van der Waals surface area contributed by atoms with E-state index in [0.717, 1.165) is 51.9 Å². The lowest BCUT2D eigenvalue weighted by Crippen LogP contribution is -2.16. The Labute approximate surface area is 150 Å². The van der Waals surface area contributed by atoms with Gasteiger partial charge in [-0.1, -0.05) is 23.7 Å². The Bertz CT molecular complexity index is 939. The molecule has 0 amide bonds. The number of aromatic amines is 1. The summed E-state index contributed by atoms with van der Waals surface area (Å²) < 4.78 is 5.88. The summed E-state index contributed by atoms with van der Waals surface area (Å²) in [6.07, 6.45) is 0.847. The Hall–Kier alpha value is -2.56. The zero-order chi connectivity index (χ0) is 17.1. The lowest BCUT2D eigenvalue weighted by Gasteiger charge is -2.01. The minimum atomic E-state index is 0.688. The monoisotopic (exact) mass is 351 g/mol. The number of furan rings is 1. The van der Waals surface area contributed by atoms with Gasteiger partial charge in [-0.2, -0.15) is 0 Å². The lowest BCUT2D eigenvalue weighted by molar-refractivity contribution is 0.494. The maximum atomic E-state index is 5.92. The van der Waals surface area contributed by atoms with Gasteiger partial charge in [0.1, 0.15) is 17.3 Å². The molecule has 5 heteroatoms. The van der Waals surface area contributed by atoms with Crippen molar-refractivity contribution in [1.29, 1.82) is 0 Å². The van der Waals surface area contributed by atoms with Crippen LogP contribution in [0.1, 0.15) is 11.6 Å². The van der Waals surface area contributed by atoms with Crippen molar-refractivity contribution in [2.45, 2.75) is 13.0 Å². The van der Waals surface area contributed by atoms with Crippen molar-refractivity contribution in [3.63, 3.8) is 0 Å². The Morgan fingerprint density at radius 1 is 1.00 bits per heavy atom. The van der Waals surface area contributed by atoms with Gasteiger partial charge in [0.15, 0.2) is 0 Å². The van der Waals surface area contributed by atoms with Crippen molar-refractivity contribution >= 4 is 22.6 Å². The van der Waals surface area contributed by atoms with Gasteiger partial charge in [0.25, 0.3) is 0 Å². The molecule has 0 saturated carbocycles. The number of imidazole rings is 1. The van der Waals surface area contributed by atoms with Crippen molar-refractivity contribution in [2.24, 2.45) is 0 Å². The van der Waals surface area contributed by atoms with E-state index in [1.54, 1.807) is 0 Å². The second-order valence-corrected chi connectivity index (χ2v) is 6.34. The molecule has 0 radical (unpaired) electrons. The third kappa shape index (κ3) is 3.76. The predicted octanol–water partition coefficient (Wildman–Crippen LogP) is 4.81. The molecule has 0 aliphatic carbocycles. The molecule has 25 heavy (non-hydrogen) atoms. The highest BCUT2D eigenvalue weighted by molar-refractivity contribution is 6.30. The van der Waals surface area contributed by atoms with E-state index in [-0.39, 0.29) is 0 Å². The number of nitrogens with one attached hydrogen (secondary N) is 2. The Morgan fingerprint density at radius 2 is 1.84 bits per heavy atom. The fourth-order valence-corrected chi connectivity index (χ4v) is 2.91. The fourth-order valence-electron chi connectivity index (χ4n) is 2.78. The molecule has 0 aliphatic heterocycles. The third-order valence-corrected chi connectivity index (χ3v) is 4.32. The summed E-state index contributed by atoms with van der Waals surface area (Å²) in [5.41, 5.74) is 3.12. The van der Waals surface area contributed by atoms with E-state index in [9.17, 15) is 0 Å². The molecule has 2 aromatic carbocycles. The molecule has 2 heterocycles. The van der Waals surface area contributed by atoms with E-state index in [4.69, 9.17) is 16.0 Å². The first-order chi connectivity index (χ1) is 12.3. The molecule has 0 spiro atoms. The van der Waals surface area contributed by atoms with Crippen molar-refractivity contribution in [2.75, 3.05) is 6.54 Å². The van der Waals surface area contributed by atoms with Gasteiger partial charge in [-0.15, -0.1) is 0 Å². The second kappa shape index (κ2) is 7.13. The number of hydrogen-bond donors (Lipinski definition) is 2. The SMILES string of the molecule is Clc1ccc(-c2ccc(CNCCc3nc4ccccc4[nH]3)o2)cc1. The summed E-state index contributed by atoms with van der Waals surface area (Å²) in [7, 11) is 0. The molecule has 2 aromatic heterocycles. The van der Waals surface area contributed by atoms with Gasteiger partial charge in [-0.05, 0) is 48.5 Å². The summed E-state index contributed by atoms with van der Waals surface area (Å²) >= 11 is 5.92. The number of aromatic nitrogens is 2.